The summed E-state index contributed by atoms with van der Waals surface area (Å²) in [6.45, 7) is 4.57. The predicted molar refractivity (Wildman–Crippen MR) is 89.5 cm³/mol. The number of piperidine rings is 1. The molecular formula is C14H23N5O6S. The highest BCUT2D eigenvalue weighted by Gasteiger charge is 2.48. The molecule has 12 heteroatoms. The number of amidine groups is 1. The molecule has 0 aliphatic carbocycles. The lowest BCUT2D eigenvalue weighted by molar-refractivity contribution is -0.123. The van der Waals surface area contributed by atoms with Crippen molar-refractivity contribution in [3.63, 3.8) is 0 Å². The third-order valence-corrected chi connectivity index (χ3v) is 5.53. The number of carbonyl (C=O) groups excluding carboxylic acids is 2. The largest absolute Gasteiger partial charge is 0.418 e. The molecule has 0 aromatic rings. The van der Waals surface area contributed by atoms with Crippen LogP contribution in [0.5, 0.6) is 0 Å². The van der Waals surface area contributed by atoms with Gasteiger partial charge in [0.1, 0.15) is 5.84 Å². The Morgan fingerprint density at radius 2 is 2.08 bits per heavy atom. The monoisotopic (exact) mass is 389 g/mol. The molecule has 3 saturated heterocycles. The molecule has 146 valence electrons. The number of urea groups is 1. The number of nitrogens with one attached hydrogen (secondary N) is 2. The zero-order chi connectivity index (χ0) is 19.1. The van der Waals surface area contributed by atoms with Gasteiger partial charge in [0.15, 0.2) is 0 Å². The molecule has 3 fully saturated rings. The Morgan fingerprint density at radius 1 is 1.35 bits per heavy atom. The molecule has 0 radical (unpaired) electrons. The van der Waals surface area contributed by atoms with Crippen molar-refractivity contribution in [2.75, 3.05) is 26.2 Å². The average Bonchev–Trinajstić information content (AvgIpc) is 3.14. The van der Waals surface area contributed by atoms with E-state index in [4.69, 9.17) is 9.96 Å². The van der Waals surface area contributed by atoms with Gasteiger partial charge in [-0.1, -0.05) is 6.92 Å². The van der Waals surface area contributed by atoms with E-state index in [1.807, 2.05) is 6.92 Å². The zero-order valence-corrected chi connectivity index (χ0v) is 15.2. The minimum Gasteiger partial charge on any atom is -0.313 e. The molecule has 0 saturated carbocycles. The van der Waals surface area contributed by atoms with Crippen molar-refractivity contribution >= 4 is 28.2 Å². The first-order valence-corrected chi connectivity index (χ1v) is 9.94. The highest BCUT2D eigenvalue weighted by atomic mass is 32.3. The fourth-order valence-electron chi connectivity index (χ4n) is 3.78. The van der Waals surface area contributed by atoms with Crippen molar-refractivity contribution in [1.29, 1.82) is 5.41 Å². The lowest BCUT2D eigenvalue weighted by Gasteiger charge is -2.31. The third-order valence-electron chi connectivity index (χ3n) is 5.18. The van der Waals surface area contributed by atoms with Crippen LogP contribution in [0.4, 0.5) is 4.79 Å². The number of fused-ring (bicyclic) bond motifs is 2. The summed E-state index contributed by atoms with van der Waals surface area (Å²) in [4.78, 5) is 28.2. The quantitative estimate of drug-likeness (QED) is 0.324. The van der Waals surface area contributed by atoms with Gasteiger partial charge in [0.05, 0.1) is 18.0 Å². The van der Waals surface area contributed by atoms with Gasteiger partial charge in [-0.25, -0.2) is 4.79 Å². The molecule has 2 bridgehead atoms. The summed E-state index contributed by atoms with van der Waals surface area (Å²) in [5, 5.41) is 11.4. The van der Waals surface area contributed by atoms with Crippen molar-refractivity contribution in [1.82, 2.24) is 20.2 Å². The molecule has 3 atom stereocenters. The van der Waals surface area contributed by atoms with E-state index in [0.29, 0.717) is 24.4 Å². The van der Waals surface area contributed by atoms with Gasteiger partial charge in [-0.2, -0.15) is 13.5 Å². The number of hydrogen-bond acceptors (Lipinski definition) is 7. The fraction of sp³-hybridized carbons (Fsp3) is 0.786. The number of nitrogens with zero attached hydrogens (tertiary/aromatic N) is 3. The molecule has 3 aliphatic rings. The van der Waals surface area contributed by atoms with Crippen molar-refractivity contribution in [3.8, 4) is 0 Å². The second-order valence-corrected chi connectivity index (χ2v) is 7.80. The Labute approximate surface area is 151 Å². The number of hydroxylamine groups is 2. The minimum absolute atomic E-state index is 0.0783. The first kappa shape index (κ1) is 19.0. The molecule has 3 N–H and O–H groups in total. The van der Waals surface area contributed by atoms with E-state index in [1.54, 1.807) is 0 Å². The normalized spacial score (nSPS) is 29.3. The summed E-state index contributed by atoms with van der Waals surface area (Å²) in [5.41, 5.74) is 0. The number of carbonyl (C=O) groups is 2. The van der Waals surface area contributed by atoms with Gasteiger partial charge in [0, 0.05) is 13.1 Å². The molecule has 3 unspecified atom stereocenters. The summed E-state index contributed by atoms with van der Waals surface area (Å²) >= 11 is 0. The van der Waals surface area contributed by atoms with Gasteiger partial charge in [0.25, 0.3) is 0 Å². The summed E-state index contributed by atoms with van der Waals surface area (Å²) in [6.07, 6.45) is 1.53. The van der Waals surface area contributed by atoms with Gasteiger partial charge < -0.3 is 15.1 Å². The molecule has 3 heterocycles. The van der Waals surface area contributed by atoms with Gasteiger partial charge in [-0.3, -0.25) is 14.8 Å². The summed E-state index contributed by atoms with van der Waals surface area (Å²) < 4.78 is 34.9. The number of hydrogen-bond donors (Lipinski definition) is 3. The van der Waals surface area contributed by atoms with E-state index in [9.17, 15) is 18.0 Å². The topological polar surface area (TPSA) is 143 Å². The van der Waals surface area contributed by atoms with Crippen LogP contribution in [0.15, 0.2) is 0 Å². The molecule has 26 heavy (non-hydrogen) atoms. The molecule has 3 rings (SSSR count). The van der Waals surface area contributed by atoms with Crippen molar-refractivity contribution in [2.24, 2.45) is 5.92 Å². The first-order valence-electron chi connectivity index (χ1n) is 8.58. The molecule has 3 amide bonds. The number of rotatable bonds is 5. The van der Waals surface area contributed by atoms with Crippen LogP contribution >= 0.6 is 0 Å². The lowest BCUT2D eigenvalue weighted by Crippen LogP contribution is -2.51. The maximum absolute atomic E-state index is 12.4. The van der Waals surface area contributed by atoms with Crippen molar-refractivity contribution < 1.29 is 26.8 Å². The van der Waals surface area contributed by atoms with Crippen LogP contribution in [-0.4, -0.2) is 83.9 Å². The number of amides is 3. The maximum Gasteiger partial charge on any atom is 0.418 e. The second-order valence-electron chi connectivity index (χ2n) is 6.79. The van der Waals surface area contributed by atoms with E-state index in [0.717, 1.165) is 19.5 Å². The van der Waals surface area contributed by atoms with Gasteiger partial charge in [0.2, 0.25) is 5.91 Å². The predicted octanol–water partition coefficient (Wildman–Crippen LogP) is -0.575. The summed E-state index contributed by atoms with van der Waals surface area (Å²) in [6, 6.07) is -1.91. The Morgan fingerprint density at radius 3 is 2.69 bits per heavy atom. The van der Waals surface area contributed by atoms with Crippen LogP contribution in [0.3, 0.4) is 0 Å². The molecule has 0 spiro atoms. The summed E-state index contributed by atoms with van der Waals surface area (Å²) in [7, 11) is -4.80. The zero-order valence-electron chi connectivity index (χ0n) is 14.4. The second kappa shape index (κ2) is 7.10. The first-order chi connectivity index (χ1) is 12.2. The van der Waals surface area contributed by atoms with Gasteiger partial charge in [-0.15, -0.1) is 4.28 Å². The molecular weight excluding hydrogens is 366 g/mol. The fourth-order valence-corrected chi connectivity index (χ4v) is 4.17. The lowest BCUT2D eigenvalue weighted by atomic mass is 9.99. The van der Waals surface area contributed by atoms with Crippen molar-refractivity contribution in [3.05, 3.63) is 0 Å². The minimum atomic E-state index is -4.80. The Bertz CT molecular complexity index is 713. The highest BCUT2D eigenvalue weighted by Crippen LogP contribution is 2.30. The van der Waals surface area contributed by atoms with Crippen LogP contribution in [0.2, 0.25) is 0 Å². The molecule has 0 aromatic carbocycles. The Balaban J connectivity index is 1.61. The van der Waals surface area contributed by atoms with Gasteiger partial charge >= 0.3 is 16.4 Å². The average molecular weight is 389 g/mol. The molecule has 11 nitrogen and oxygen atoms in total. The van der Waals surface area contributed by atoms with E-state index >= 15 is 0 Å². The summed E-state index contributed by atoms with van der Waals surface area (Å²) in [5.74, 6) is -0.489. The Kier molecular flexibility index (Phi) is 5.19. The van der Waals surface area contributed by atoms with Crippen LogP contribution in [0, 0.1) is 11.3 Å². The standard InChI is InChI=1S/C14H23N5O6S/c1-2-17-6-5-9(7-17)13(20)16-12(15)11-4-3-10-8-18(11)14(21)19(10)25-26(22,23)24/h9-11H,2-8H2,1H3,(H2,15,16,20)(H,22,23,24). The smallest absolute Gasteiger partial charge is 0.313 e. The van der Waals surface area contributed by atoms with Crippen molar-refractivity contribution in [2.45, 2.75) is 38.3 Å². The van der Waals surface area contributed by atoms with Crippen LogP contribution in [-0.2, 0) is 19.5 Å². The van der Waals surface area contributed by atoms with Crippen LogP contribution < -0.4 is 5.32 Å². The van der Waals surface area contributed by atoms with Gasteiger partial charge in [-0.05, 0) is 32.4 Å². The van der Waals surface area contributed by atoms with Crippen LogP contribution in [0.1, 0.15) is 26.2 Å². The van der Waals surface area contributed by atoms with E-state index in [-0.39, 0.29) is 24.2 Å². The van der Waals surface area contributed by atoms with Crippen LogP contribution in [0.25, 0.3) is 0 Å². The third kappa shape index (κ3) is 3.82. The SMILES string of the molecule is CCN1CCC(C(=O)NC(=N)C2CCC3CN2C(=O)N3OS(=O)(=O)O)C1. The molecule has 0 aromatic heterocycles. The van der Waals surface area contributed by atoms with E-state index < -0.39 is 28.5 Å². The van der Waals surface area contributed by atoms with E-state index in [2.05, 4.69) is 14.5 Å². The van der Waals surface area contributed by atoms with E-state index in [1.165, 1.54) is 4.90 Å². The Hall–Kier alpha value is -1.76. The molecule has 3 aliphatic heterocycles. The number of likely N-dealkylation sites (tertiary alicyclic amines) is 1. The highest BCUT2D eigenvalue weighted by molar-refractivity contribution is 7.80. The maximum atomic E-state index is 12.4.